The fourth-order valence-corrected chi connectivity index (χ4v) is 3.36. The molecule has 9 heteroatoms. The molecule has 0 aliphatic carbocycles. The van der Waals surface area contributed by atoms with E-state index in [1.54, 1.807) is 18.2 Å². The van der Waals surface area contributed by atoms with Crippen LogP contribution < -0.4 is 9.47 Å². The van der Waals surface area contributed by atoms with Crippen LogP contribution in [0, 0.1) is 5.82 Å². The summed E-state index contributed by atoms with van der Waals surface area (Å²) in [4.78, 5) is 0. The van der Waals surface area contributed by atoms with Crippen LogP contribution in [0.15, 0.2) is 66.7 Å². The molecule has 0 saturated carbocycles. The van der Waals surface area contributed by atoms with Crippen molar-refractivity contribution in [3.63, 3.8) is 0 Å². The maximum Gasteiger partial charge on any atom is 0.433 e. The summed E-state index contributed by atoms with van der Waals surface area (Å²) in [7, 11) is 1.45. The number of nitrogens with zero attached hydrogens (tertiary/aromatic N) is 1. The van der Waals surface area contributed by atoms with Gasteiger partial charge >= 0.3 is 6.18 Å². The van der Waals surface area contributed by atoms with E-state index in [-0.39, 0.29) is 40.5 Å². The van der Waals surface area contributed by atoms with Crippen molar-refractivity contribution in [1.29, 1.82) is 0 Å². The maximum absolute atomic E-state index is 13.8. The van der Waals surface area contributed by atoms with E-state index in [4.69, 9.17) is 9.47 Å². The molecular weight excluding hydrogens is 440 g/mol. The zero-order chi connectivity index (χ0) is 23.6. The molecule has 170 valence electrons. The summed E-state index contributed by atoms with van der Waals surface area (Å²) in [5.74, 6) is -0.0664. The summed E-state index contributed by atoms with van der Waals surface area (Å²) in [6.07, 6.45) is -4.70. The number of aromatic nitrogens is 2. The van der Waals surface area contributed by atoms with E-state index in [1.807, 2.05) is 5.10 Å². The fraction of sp³-hybridized carbons (Fsp3) is 0.125. The number of benzene rings is 3. The molecule has 0 radical (unpaired) electrons. The van der Waals surface area contributed by atoms with Crippen LogP contribution in [0.2, 0.25) is 0 Å². The van der Waals surface area contributed by atoms with Gasteiger partial charge in [0.2, 0.25) is 0 Å². The second kappa shape index (κ2) is 8.85. The monoisotopic (exact) mass is 458 g/mol. The van der Waals surface area contributed by atoms with Crippen LogP contribution in [0.1, 0.15) is 11.3 Å². The first-order valence-corrected chi connectivity index (χ1v) is 9.77. The fourth-order valence-electron chi connectivity index (χ4n) is 3.36. The van der Waals surface area contributed by atoms with Gasteiger partial charge in [-0.25, -0.2) is 4.39 Å². The van der Waals surface area contributed by atoms with E-state index >= 15 is 0 Å². The Hall–Kier alpha value is -4.01. The first kappa shape index (κ1) is 22.2. The van der Waals surface area contributed by atoms with E-state index in [0.29, 0.717) is 11.3 Å². The van der Waals surface area contributed by atoms with E-state index in [2.05, 4.69) is 5.10 Å². The lowest BCUT2D eigenvalue weighted by atomic mass is 9.98. The summed E-state index contributed by atoms with van der Waals surface area (Å²) in [6, 6.07) is 16.2. The third-order valence-corrected chi connectivity index (χ3v) is 5.00. The molecule has 0 bridgehead atoms. The van der Waals surface area contributed by atoms with Crippen molar-refractivity contribution in [2.24, 2.45) is 0 Å². The number of aromatic hydroxyl groups is 1. The molecule has 0 fully saturated rings. The summed E-state index contributed by atoms with van der Waals surface area (Å²) in [6.45, 7) is -0.0802. The summed E-state index contributed by atoms with van der Waals surface area (Å²) >= 11 is 0. The lowest BCUT2D eigenvalue weighted by molar-refractivity contribution is -0.140. The number of phenols is 1. The Balaban J connectivity index is 1.70. The van der Waals surface area contributed by atoms with Gasteiger partial charge in [-0.15, -0.1) is 0 Å². The number of nitrogens with one attached hydrogen (secondary N) is 1. The highest BCUT2D eigenvalue weighted by Gasteiger charge is 2.38. The molecule has 33 heavy (non-hydrogen) atoms. The predicted molar refractivity (Wildman–Crippen MR) is 113 cm³/mol. The van der Waals surface area contributed by atoms with Crippen LogP contribution in [0.25, 0.3) is 22.4 Å². The standard InChI is InChI=1S/C24H18F4N2O3/c1-32-16-8-6-14(7-9-16)21-22(29-30-23(21)24(26,27)28)18-11-10-17(12-20(18)31)33-13-15-4-2-3-5-19(15)25/h2-12,31H,13H2,1H3,(H,29,30). The average molecular weight is 458 g/mol. The molecule has 0 aliphatic rings. The number of hydrogen-bond acceptors (Lipinski definition) is 4. The number of aromatic amines is 1. The number of rotatable bonds is 6. The van der Waals surface area contributed by atoms with Crippen LogP contribution >= 0.6 is 0 Å². The normalized spacial score (nSPS) is 11.4. The molecule has 1 heterocycles. The van der Waals surface area contributed by atoms with Crippen LogP contribution in [0.5, 0.6) is 17.2 Å². The zero-order valence-corrected chi connectivity index (χ0v) is 17.3. The van der Waals surface area contributed by atoms with Gasteiger partial charge in [0.05, 0.1) is 7.11 Å². The summed E-state index contributed by atoms with van der Waals surface area (Å²) in [5.41, 5.74) is -0.685. The number of hydrogen-bond donors (Lipinski definition) is 2. The highest BCUT2D eigenvalue weighted by atomic mass is 19.4. The molecule has 5 nitrogen and oxygen atoms in total. The number of phenolic OH excluding ortho intramolecular Hbond substituents is 1. The zero-order valence-electron chi connectivity index (χ0n) is 17.3. The molecule has 0 atom stereocenters. The minimum atomic E-state index is -4.70. The van der Waals surface area contributed by atoms with Gasteiger partial charge in [0.25, 0.3) is 0 Å². The summed E-state index contributed by atoms with van der Waals surface area (Å²) < 4.78 is 65.3. The molecule has 0 spiro atoms. The van der Waals surface area contributed by atoms with Crippen molar-refractivity contribution in [2.75, 3.05) is 7.11 Å². The van der Waals surface area contributed by atoms with Gasteiger partial charge < -0.3 is 14.6 Å². The highest BCUT2D eigenvalue weighted by Crippen LogP contribution is 2.44. The van der Waals surface area contributed by atoms with Crippen molar-refractivity contribution < 1.29 is 32.1 Å². The Bertz CT molecular complexity index is 1270. The maximum atomic E-state index is 13.8. The topological polar surface area (TPSA) is 67.4 Å². The number of alkyl halides is 3. The van der Waals surface area contributed by atoms with Crippen LogP contribution in [0.4, 0.5) is 17.6 Å². The van der Waals surface area contributed by atoms with E-state index < -0.39 is 17.7 Å². The molecular formula is C24H18F4N2O3. The molecule has 0 amide bonds. The molecule has 0 aliphatic heterocycles. The Morgan fingerprint density at radius 1 is 0.970 bits per heavy atom. The minimum Gasteiger partial charge on any atom is -0.507 e. The van der Waals surface area contributed by atoms with Crippen molar-refractivity contribution in [1.82, 2.24) is 10.2 Å². The largest absolute Gasteiger partial charge is 0.507 e. The predicted octanol–water partition coefficient (Wildman–Crippen LogP) is 6.19. The van der Waals surface area contributed by atoms with E-state index in [1.165, 1.54) is 55.6 Å². The van der Waals surface area contributed by atoms with Gasteiger partial charge in [0, 0.05) is 22.8 Å². The van der Waals surface area contributed by atoms with E-state index in [0.717, 1.165) is 0 Å². The molecule has 3 aromatic carbocycles. The van der Waals surface area contributed by atoms with Gasteiger partial charge in [-0.05, 0) is 35.9 Å². The SMILES string of the molecule is COc1ccc(-c2c(-c3ccc(OCc4ccccc4F)cc3O)n[nH]c2C(F)(F)F)cc1. The Morgan fingerprint density at radius 2 is 1.67 bits per heavy atom. The van der Waals surface area contributed by atoms with Crippen LogP contribution in [0.3, 0.4) is 0 Å². The number of halogens is 4. The molecule has 2 N–H and O–H groups in total. The van der Waals surface area contributed by atoms with Gasteiger partial charge in [0.15, 0.2) is 0 Å². The van der Waals surface area contributed by atoms with Crippen molar-refractivity contribution in [3.8, 4) is 39.6 Å². The minimum absolute atomic E-state index is 0.0748. The quantitative estimate of drug-likeness (QED) is 0.338. The van der Waals surface area contributed by atoms with Crippen molar-refractivity contribution >= 4 is 0 Å². The second-order valence-corrected chi connectivity index (χ2v) is 7.11. The van der Waals surface area contributed by atoms with Gasteiger partial charge in [-0.1, -0.05) is 30.3 Å². The molecule has 0 saturated heterocycles. The van der Waals surface area contributed by atoms with Crippen LogP contribution in [-0.2, 0) is 12.8 Å². The number of methoxy groups -OCH3 is 1. The Labute approximate surface area is 186 Å². The molecule has 4 aromatic rings. The third kappa shape index (κ3) is 4.62. The number of H-pyrrole nitrogens is 1. The molecule has 0 unspecified atom stereocenters. The first-order valence-electron chi connectivity index (χ1n) is 9.77. The van der Waals surface area contributed by atoms with Crippen molar-refractivity contribution in [3.05, 3.63) is 83.8 Å². The third-order valence-electron chi connectivity index (χ3n) is 5.00. The smallest absolute Gasteiger partial charge is 0.433 e. The van der Waals surface area contributed by atoms with Gasteiger partial charge in [-0.3, -0.25) is 5.10 Å². The van der Waals surface area contributed by atoms with E-state index in [9.17, 15) is 22.7 Å². The lowest BCUT2D eigenvalue weighted by Gasteiger charge is -2.12. The van der Waals surface area contributed by atoms with Crippen LogP contribution in [-0.4, -0.2) is 22.4 Å². The first-order chi connectivity index (χ1) is 15.8. The number of ether oxygens (including phenoxy) is 2. The highest BCUT2D eigenvalue weighted by molar-refractivity contribution is 5.85. The average Bonchev–Trinajstić information content (AvgIpc) is 3.24. The Morgan fingerprint density at radius 3 is 2.30 bits per heavy atom. The van der Waals surface area contributed by atoms with Gasteiger partial charge in [-0.2, -0.15) is 18.3 Å². The van der Waals surface area contributed by atoms with Gasteiger partial charge in [0.1, 0.15) is 41.1 Å². The van der Waals surface area contributed by atoms with Crippen molar-refractivity contribution in [2.45, 2.75) is 12.8 Å². The lowest BCUT2D eigenvalue weighted by Crippen LogP contribution is -2.07. The molecule has 4 rings (SSSR count). The molecule has 1 aromatic heterocycles. The second-order valence-electron chi connectivity index (χ2n) is 7.11. The Kier molecular flexibility index (Phi) is 5.95. The summed E-state index contributed by atoms with van der Waals surface area (Å²) in [5, 5.41) is 16.4.